The first kappa shape index (κ1) is 20.1. The summed E-state index contributed by atoms with van der Waals surface area (Å²) in [6.07, 6.45) is 0. The van der Waals surface area contributed by atoms with Gasteiger partial charge in [-0.15, -0.1) is 0 Å². The molecule has 0 atom stereocenters. The van der Waals surface area contributed by atoms with E-state index in [1.54, 1.807) is 18.2 Å². The van der Waals surface area contributed by atoms with Gasteiger partial charge in [0.2, 0.25) is 10.0 Å². The molecule has 1 amide bonds. The summed E-state index contributed by atoms with van der Waals surface area (Å²) >= 11 is 11.9. The number of rotatable bonds is 4. The summed E-state index contributed by atoms with van der Waals surface area (Å²) in [6.45, 7) is 2.58. The summed E-state index contributed by atoms with van der Waals surface area (Å²) in [5.41, 5.74) is 0.769. The zero-order chi connectivity index (χ0) is 19.6. The lowest BCUT2D eigenvalue weighted by Crippen LogP contribution is -3.12. The lowest BCUT2D eigenvalue weighted by Gasteiger charge is -2.29. The van der Waals surface area contributed by atoms with Crippen LogP contribution in [0.15, 0.2) is 47.4 Å². The highest BCUT2D eigenvalue weighted by Gasteiger charge is 2.29. The predicted molar refractivity (Wildman–Crippen MR) is 106 cm³/mol. The zero-order valence-corrected chi connectivity index (χ0v) is 17.0. The van der Waals surface area contributed by atoms with Gasteiger partial charge in [0.05, 0.1) is 48.7 Å². The molecule has 0 saturated carbocycles. The quantitative estimate of drug-likeness (QED) is 0.779. The average Bonchev–Trinajstić information content (AvgIpc) is 2.62. The molecule has 144 valence electrons. The van der Waals surface area contributed by atoms with Crippen LogP contribution in [-0.2, 0) is 10.0 Å². The monoisotopic (exact) mass is 428 g/mol. The lowest BCUT2D eigenvalue weighted by molar-refractivity contribution is -0.883. The van der Waals surface area contributed by atoms with Crippen molar-refractivity contribution in [1.82, 2.24) is 4.31 Å². The third kappa shape index (κ3) is 4.62. The summed E-state index contributed by atoms with van der Waals surface area (Å²) in [7, 11) is -1.47. The van der Waals surface area contributed by atoms with Gasteiger partial charge in [0, 0.05) is 10.7 Å². The van der Waals surface area contributed by atoms with Crippen molar-refractivity contribution in [3.8, 4) is 0 Å². The van der Waals surface area contributed by atoms with E-state index < -0.39 is 15.9 Å². The summed E-state index contributed by atoms with van der Waals surface area (Å²) in [5.74, 6) is -0.394. The fourth-order valence-corrected chi connectivity index (χ4v) is 4.78. The van der Waals surface area contributed by atoms with Crippen LogP contribution in [0.5, 0.6) is 0 Å². The van der Waals surface area contributed by atoms with E-state index >= 15 is 0 Å². The second-order valence-electron chi connectivity index (χ2n) is 6.46. The van der Waals surface area contributed by atoms with Gasteiger partial charge < -0.3 is 10.2 Å². The van der Waals surface area contributed by atoms with Crippen molar-refractivity contribution in [2.45, 2.75) is 4.90 Å². The van der Waals surface area contributed by atoms with Gasteiger partial charge in [-0.25, -0.2) is 8.42 Å². The first-order valence-electron chi connectivity index (χ1n) is 8.45. The van der Waals surface area contributed by atoms with Gasteiger partial charge in [0.15, 0.2) is 0 Å². The molecule has 1 aliphatic heterocycles. The number of hydrogen-bond acceptors (Lipinski definition) is 3. The normalized spacial score (nSPS) is 16.3. The number of benzene rings is 2. The summed E-state index contributed by atoms with van der Waals surface area (Å²) < 4.78 is 27.0. The predicted octanol–water partition coefficient (Wildman–Crippen LogP) is 1.76. The Morgan fingerprint density at radius 3 is 2.30 bits per heavy atom. The highest BCUT2D eigenvalue weighted by molar-refractivity contribution is 7.89. The van der Waals surface area contributed by atoms with Gasteiger partial charge in [0.1, 0.15) is 0 Å². The van der Waals surface area contributed by atoms with Gasteiger partial charge in [-0.3, -0.25) is 4.79 Å². The van der Waals surface area contributed by atoms with Crippen molar-refractivity contribution < 1.29 is 18.1 Å². The lowest BCUT2D eigenvalue weighted by atomic mass is 10.2. The first-order valence-corrected chi connectivity index (χ1v) is 10.6. The number of carbonyl (C=O) groups excluding carboxylic acids is 1. The molecule has 6 nitrogen and oxygen atoms in total. The molecule has 0 aliphatic carbocycles. The Labute approximate surface area is 168 Å². The molecule has 0 unspecified atom stereocenters. The molecule has 3 rings (SSSR count). The molecule has 0 radical (unpaired) electrons. The second-order valence-corrected chi connectivity index (χ2v) is 9.25. The second kappa shape index (κ2) is 8.16. The Morgan fingerprint density at radius 2 is 1.70 bits per heavy atom. The van der Waals surface area contributed by atoms with Crippen molar-refractivity contribution in [2.24, 2.45) is 0 Å². The minimum Gasteiger partial charge on any atom is -0.335 e. The summed E-state index contributed by atoms with van der Waals surface area (Å²) in [6, 6.07) is 10.7. The molecule has 9 heteroatoms. The molecule has 0 bridgehead atoms. The number of piperazine rings is 1. The third-order valence-corrected chi connectivity index (χ3v) is 6.96. The molecule has 1 saturated heterocycles. The van der Waals surface area contributed by atoms with Crippen LogP contribution in [0.4, 0.5) is 5.69 Å². The van der Waals surface area contributed by atoms with E-state index in [9.17, 15) is 13.2 Å². The van der Waals surface area contributed by atoms with Crippen LogP contribution in [-0.4, -0.2) is 51.9 Å². The van der Waals surface area contributed by atoms with E-state index in [-0.39, 0.29) is 15.5 Å². The summed E-state index contributed by atoms with van der Waals surface area (Å²) in [4.78, 5) is 13.9. The number of quaternary nitrogens is 1. The Bertz CT molecular complexity index is 941. The molecule has 0 spiro atoms. The number of carbonyl (C=O) groups is 1. The van der Waals surface area contributed by atoms with Crippen LogP contribution in [0.1, 0.15) is 10.4 Å². The molecular formula is C18H20Cl2N3O3S+. The molecule has 1 fully saturated rings. The molecular weight excluding hydrogens is 409 g/mol. The Hall–Kier alpha value is -1.64. The minimum atomic E-state index is -3.52. The number of nitrogens with zero attached hydrogens (tertiary/aromatic N) is 1. The molecule has 0 aromatic heterocycles. The van der Waals surface area contributed by atoms with E-state index in [0.717, 1.165) is 13.1 Å². The van der Waals surface area contributed by atoms with Crippen LogP contribution in [0, 0.1) is 0 Å². The fourth-order valence-electron chi connectivity index (χ4n) is 2.84. The number of halogens is 2. The van der Waals surface area contributed by atoms with Crippen LogP contribution in [0.2, 0.25) is 10.0 Å². The number of hydrogen-bond donors (Lipinski definition) is 2. The van der Waals surface area contributed by atoms with Crippen LogP contribution < -0.4 is 10.2 Å². The van der Waals surface area contributed by atoms with E-state index in [0.29, 0.717) is 23.8 Å². The highest BCUT2D eigenvalue weighted by Crippen LogP contribution is 2.23. The maximum Gasteiger partial charge on any atom is 0.257 e. The number of nitrogens with one attached hydrogen (secondary N) is 2. The van der Waals surface area contributed by atoms with Gasteiger partial charge in [-0.05, 0) is 42.5 Å². The van der Waals surface area contributed by atoms with E-state index in [1.165, 1.54) is 33.5 Å². The van der Waals surface area contributed by atoms with Gasteiger partial charge >= 0.3 is 0 Å². The van der Waals surface area contributed by atoms with E-state index in [2.05, 4.69) is 5.32 Å². The Balaban J connectivity index is 1.72. The molecule has 2 aromatic carbocycles. The van der Waals surface area contributed by atoms with Gasteiger partial charge in [0.25, 0.3) is 5.91 Å². The fraction of sp³-hybridized carbons (Fsp3) is 0.278. The number of amides is 1. The molecule has 27 heavy (non-hydrogen) atoms. The summed E-state index contributed by atoms with van der Waals surface area (Å²) in [5, 5.41) is 3.39. The van der Waals surface area contributed by atoms with Crippen molar-refractivity contribution in [3.63, 3.8) is 0 Å². The molecule has 1 aliphatic rings. The molecule has 1 heterocycles. The topological polar surface area (TPSA) is 70.9 Å². The molecule has 2 aromatic rings. The largest absolute Gasteiger partial charge is 0.335 e. The van der Waals surface area contributed by atoms with E-state index in [4.69, 9.17) is 23.2 Å². The average molecular weight is 429 g/mol. The van der Waals surface area contributed by atoms with Crippen molar-refractivity contribution in [3.05, 3.63) is 58.1 Å². The van der Waals surface area contributed by atoms with E-state index in [1.807, 2.05) is 7.05 Å². The number of anilines is 1. The van der Waals surface area contributed by atoms with Crippen molar-refractivity contribution in [1.29, 1.82) is 0 Å². The Kier molecular flexibility index (Phi) is 6.08. The maximum absolute atomic E-state index is 12.7. The van der Waals surface area contributed by atoms with Crippen LogP contribution in [0.3, 0.4) is 0 Å². The van der Waals surface area contributed by atoms with Crippen LogP contribution >= 0.6 is 23.2 Å². The SMILES string of the molecule is C[NH+]1CCN(S(=O)(=O)c2ccc(NC(=O)c3ccc(Cl)cc3Cl)cc2)CC1. The van der Waals surface area contributed by atoms with Crippen molar-refractivity contribution in [2.75, 3.05) is 38.5 Å². The van der Waals surface area contributed by atoms with Gasteiger partial charge in [-0.2, -0.15) is 4.31 Å². The Morgan fingerprint density at radius 1 is 1.07 bits per heavy atom. The highest BCUT2D eigenvalue weighted by atomic mass is 35.5. The first-order chi connectivity index (χ1) is 12.8. The van der Waals surface area contributed by atoms with Crippen LogP contribution in [0.25, 0.3) is 0 Å². The minimum absolute atomic E-state index is 0.213. The number of likely N-dealkylation sites (N-methyl/N-ethyl adjacent to an activating group) is 1. The maximum atomic E-state index is 12.7. The smallest absolute Gasteiger partial charge is 0.257 e. The molecule has 2 N–H and O–H groups in total. The van der Waals surface area contributed by atoms with Gasteiger partial charge in [-0.1, -0.05) is 23.2 Å². The van der Waals surface area contributed by atoms with Crippen molar-refractivity contribution >= 4 is 44.8 Å². The number of sulfonamides is 1. The standard InChI is InChI=1S/C18H19Cl2N3O3S/c1-22-8-10-23(11-9-22)27(25,26)15-5-3-14(4-6-15)21-18(24)16-7-2-13(19)12-17(16)20/h2-7,12H,8-11H2,1H3,(H,21,24)/p+1. The zero-order valence-electron chi connectivity index (χ0n) is 14.7. The third-order valence-electron chi connectivity index (χ3n) is 4.50.